The van der Waals surface area contributed by atoms with Gasteiger partial charge in [0.05, 0.1) is 27.9 Å². The number of halogens is 3. The second kappa shape index (κ2) is 10.5. The van der Waals surface area contributed by atoms with Gasteiger partial charge in [0.2, 0.25) is 0 Å². The molecule has 184 valence electrons. The van der Waals surface area contributed by atoms with Crippen molar-refractivity contribution in [1.29, 1.82) is 0 Å². The SMILES string of the molecule is COc1cc(/C=C2\C(=O)NC(=O)N(c3ccc(O)cc3)C2=O)cc(Cl)c1OCc1ccc(Cl)c(Cl)c1. The highest BCUT2D eigenvalue weighted by Gasteiger charge is 2.36. The van der Waals surface area contributed by atoms with E-state index in [1.807, 2.05) is 0 Å². The van der Waals surface area contributed by atoms with E-state index in [4.69, 9.17) is 44.3 Å². The third-order valence-electron chi connectivity index (χ3n) is 5.14. The molecule has 0 aromatic heterocycles. The molecule has 1 fully saturated rings. The van der Waals surface area contributed by atoms with Crippen molar-refractivity contribution in [2.75, 3.05) is 12.0 Å². The lowest BCUT2D eigenvalue weighted by molar-refractivity contribution is -0.122. The van der Waals surface area contributed by atoms with E-state index >= 15 is 0 Å². The zero-order valence-electron chi connectivity index (χ0n) is 18.6. The molecule has 4 rings (SSSR count). The topological polar surface area (TPSA) is 105 Å². The zero-order chi connectivity index (χ0) is 26.0. The number of carbonyl (C=O) groups excluding carboxylic acids is 3. The molecule has 1 heterocycles. The molecule has 0 radical (unpaired) electrons. The molecule has 4 amide bonds. The van der Waals surface area contributed by atoms with Crippen molar-refractivity contribution in [2.45, 2.75) is 6.61 Å². The molecule has 0 unspecified atom stereocenters. The van der Waals surface area contributed by atoms with Gasteiger partial charge in [-0.2, -0.15) is 0 Å². The van der Waals surface area contributed by atoms with Gasteiger partial charge in [0.25, 0.3) is 11.8 Å². The minimum atomic E-state index is -0.908. The van der Waals surface area contributed by atoms with Crippen molar-refractivity contribution in [3.8, 4) is 17.2 Å². The average Bonchev–Trinajstić information content (AvgIpc) is 2.84. The summed E-state index contributed by atoms with van der Waals surface area (Å²) in [6.45, 7) is 0.123. The summed E-state index contributed by atoms with van der Waals surface area (Å²) < 4.78 is 11.2. The van der Waals surface area contributed by atoms with Gasteiger partial charge < -0.3 is 14.6 Å². The standard InChI is InChI=1S/C25H17Cl3N2O6/c1-35-21-11-14(10-20(28)22(21)36-12-13-2-7-18(26)19(27)9-13)8-17-23(32)29-25(34)30(24(17)33)15-3-5-16(31)6-4-15/h2-11,31H,12H2,1H3,(H,29,32,34)/b17-8+. The molecular formula is C25H17Cl3N2O6. The van der Waals surface area contributed by atoms with Crippen LogP contribution in [0.4, 0.5) is 10.5 Å². The fourth-order valence-electron chi connectivity index (χ4n) is 3.41. The summed E-state index contributed by atoms with van der Waals surface area (Å²) >= 11 is 18.4. The maximum absolute atomic E-state index is 13.1. The number of aromatic hydroxyl groups is 1. The van der Waals surface area contributed by atoms with E-state index < -0.39 is 17.8 Å². The fraction of sp³-hybridized carbons (Fsp3) is 0.0800. The number of nitrogens with zero attached hydrogens (tertiary/aromatic N) is 1. The Morgan fingerprint density at radius 3 is 2.33 bits per heavy atom. The highest BCUT2D eigenvalue weighted by Crippen LogP contribution is 2.38. The quantitative estimate of drug-likeness (QED) is 0.307. The first kappa shape index (κ1) is 25.4. The van der Waals surface area contributed by atoms with E-state index in [1.165, 1.54) is 49.6 Å². The maximum atomic E-state index is 13.1. The van der Waals surface area contributed by atoms with E-state index in [-0.39, 0.29) is 40.1 Å². The van der Waals surface area contributed by atoms with E-state index in [2.05, 4.69) is 5.32 Å². The average molecular weight is 548 g/mol. The van der Waals surface area contributed by atoms with Crippen molar-refractivity contribution in [3.05, 3.63) is 86.4 Å². The second-order valence-electron chi connectivity index (χ2n) is 7.55. The number of hydrogen-bond donors (Lipinski definition) is 2. The number of benzene rings is 3. The lowest BCUT2D eigenvalue weighted by Gasteiger charge is -2.26. The van der Waals surface area contributed by atoms with E-state index in [1.54, 1.807) is 18.2 Å². The molecular weight excluding hydrogens is 531 g/mol. The number of imide groups is 2. The molecule has 0 aliphatic carbocycles. The summed E-state index contributed by atoms with van der Waals surface area (Å²) in [5.41, 5.74) is 0.982. The Labute approximate surface area is 220 Å². The molecule has 2 N–H and O–H groups in total. The third kappa shape index (κ3) is 5.26. The number of ether oxygens (including phenoxy) is 2. The number of amides is 4. The van der Waals surface area contributed by atoms with Crippen LogP contribution in [0.25, 0.3) is 6.08 Å². The van der Waals surface area contributed by atoms with Crippen LogP contribution >= 0.6 is 34.8 Å². The Hall–Kier alpha value is -3.72. The van der Waals surface area contributed by atoms with Gasteiger partial charge >= 0.3 is 6.03 Å². The van der Waals surface area contributed by atoms with Gasteiger partial charge in [-0.15, -0.1) is 0 Å². The molecule has 0 saturated carbocycles. The molecule has 1 aliphatic heterocycles. The smallest absolute Gasteiger partial charge is 0.335 e. The molecule has 0 spiro atoms. The number of phenols is 1. The summed E-state index contributed by atoms with van der Waals surface area (Å²) in [6, 6.07) is 12.6. The van der Waals surface area contributed by atoms with E-state index in [0.717, 1.165) is 10.5 Å². The normalized spacial score (nSPS) is 14.7. The Morgan fingerprint density at radius 2 is 1.67 bits per heavy atom. The number of barbiturate groups is 1. The number of nitrogens with one attached hydrogen (secondary N) is 1. The van der Waals surface area contributed by atoms with Crippen molar-refractivity contribution in [1.82, 2.24) is 5.32 Å². The molecule has 11 heteroatoms. The van der Waals surface area contributed by atoms with Gasteiger partial charge in [0.1, 0.15) is 17.9 Å². The number of carbonyl (C=O) groups is 3. The van der Waals surface area contributed by atoms with Gasteiger partial charge in [0.15, 0.2) is 11.5 Å². The van der Waals surface area contributed by atoms with Gasteiger partial charge in [0, 0.05) is 0 Å². The summed E-state index contributed by atoms with van der Waals surface area (Å²) in [4.78, 5) is 38.7. The molecule has 1 aliphatic rings. The van der Waals surface area contributed by atoms with Crippen LogP contribution in [0.3, 0.4) is 0 Å². The van der Waals surface area contributed by atoms with Crippen molar-refractivity contribution < 1.29 is 29.0 Å². The maximum Gasteiger partial charge on any atom is 0.335 e. The Balaban J connectivity index is 1.63. The predicted molar refractivity (Wildman–Crippen MR) is 136 cm³/mol. The van der Waals surface area contributed by atoms with E-state index in [9.17, 15) is 19.5 Å². The fourth-order valence-corrected chi connectivity index (χ4v) is 4.00. The Kier molecular flexibility index (Phi) is 7.40. The highest BCUT2D eigenvalue weighted by atomic mass is 35.5. The van der Waals surface area contributed by atoms with Crippen molar-refractivity contribution in [2.24, 2.45) is 0 Å². The number of rotatable bonds is 6. The van der Waals surface area contributed by atoms with Gasteiger partial charge in [-0.3, -0.25) is 14.9 Å². The first-order valence-corrected chi connectivity index (χ1v) is 11.5. The summed E-state index contributed by atoms with van der Waals surface area (Å²) in [6.07, 6.45) is 1.29. The molecule has 0 bridgehead atoms. The zero-order valence-corrected chi connectivity index (χ0v) is 20.8. The number of hydrogen-bond acceptors (Lipinski definition) is 6. The summed E-state index contributed by atoms with van der Waals surface area (Å²) in [5.74, 6) is -1.25. The first-order chi connectivity index (χ1) is 17.2. The molecule has 0 atom stereocenters. The number of phenolic OH excluding ortho intramolecular Hbond substituents is 1. The largest absolute Gasteiger partial charge is 0.508 e. The van der Waals surface area contributed by atoms with Gasteiger partial charge in [-0.1, -0.05) is 40.9 Å². The van der Waals surface area contributed by atoms with Crippen LogP contribution in [0.1, 0.15) is 11.1 Å². The minimum absolute atomic E-state index is 0.0429. The highest BCUT2D eigenvalue weighted by molar-refractivity contribution is 6.42. The number of anilines is 1. The van der Waals surface area contributed by atoms with Crippen LogP contribution < -0.4 is 19.7 Å². The van der Waals surface area contributed by atoms with Crippen LogP contribution in [0.15, 0.2) is 60.2 Å². The Morgan fingerprint density at radius 1 is 0.944 bits per heavy atom. The molecule has 1 saturated heterocycles. The number of urea groups is 1. The Bertz CT molecular complexity index is 1410. The molecule has 3 aromatic carbocycles. The van der Waals surface area contributed by atoms with Crippen LogP contribution in [-0.4, -0.2) is 30.1 Å². The lowest BCUT2D eigenvalue weighted by atomic mass is 10.1. The van der Waals surface area contributed by atoms with Gasteiger partial charge in [-0.25, -0.2) is 9.69 Å². The van der Waals surface area contributed by atoms with Crippen LogP contribution in [0.2, 0.25) is 15.1 Å². The molecule has 3 aromatic rings. The minimum Gasteiger partial charge on any atom is -0.508 e. The van der Waals surface area contributed by atoms with E-state index in [0.29, 0.717) is 15.6 Å². The molecule has 8 nitrogen and oxygen atoms in total. The second-order valence-corrected chi connectivity index (χ2v) is 8.77. The van der Waals surface area contributed by atoms with Crippen molar-refractivity contribution in [3.63, 3.8) is 0 Å². The lowest BCUT2D eigenvalue weighted by Crippen LogP contribution is -2.54. The summed E-state index contributed by atoms with van der Waals surface area (Å²) in [7, 11) is 1.41. The van der Waals surface area contributed by atoms with Crippen molar-refractivity contribution >= 4 is 64.4 Å². The van der Waals surface area contributed by atoms with Gasteiger partial charge in [-0.05, 0) is 65.7 Å². The predicted octanol–water partition coefficient (Wildman–Crippen LogP) is 5.61. The number of methoxy groups -OCH3 is 1. The monoisotopic (exact) mass is 546 g/mol. The molecule has 36 heavy (non-hydrogen) atoms. The van der Waals surface area contributed by atoms with Crippen LogP contribution in [0.5, 0.6) is 17.2 Å². The van der Waals surface area contributed by atoms with Crippen LogP contribution in [0, 0.1) is 0 Å². The third-order valence-corrected chi connectivity index (χ3v) is 6.16. The summed E-state index contributed by atoms with van der Waals surface area (Å²) in [5, 5.41) is 12.6. The first-order valence-electron chi connectivity index (χ1n) is 10.3. The van der Waals surface area contributed by atoms with Crippen LogP contribution in [-0.2, 0) is 16.2 Å².